The fourth-order valence-corrected chi connectivity index (χ4v) is 1.16. The van der Waals surface area contributed by atoms with Gasteiger partial charge in [-0.2, -0.15) is 0 Å². The van der Waals surface area contributed by atoms with Crippen molar-refractivity contribution in [2.45, 2.75) is 39.7 Å². The van der Waals surface area contributed by atoms with E-state index in [1.807, 2.05) is 0 Å². The molecule has 0 aliphatic heterocycles. The van der Waals surface area contributed by atoms with Crippen LogP contribution in [0, 0.1) is 5.41 Å². The Morgan fingerprint density at radius 1 is 1.50 bits per heavy atom. The highest BCUT2D eigenvalue weighted by atomic mass is 16.5. The van der Waals surface area contributed by atoms with Gasteiger partial charge in [-0.1, -0.05) is 20.8 Å². The molecule has 0 bridgehead atoms. The normalized spacial score (nSPS) is 14.0. The topological polar surface area (TPSA) is 52.3 Å². The summed E-state index contributed by atoms with van der Waals surface area (Å²) in [5.74, 6) is 0. The maximum absolute atomic E-state index is 9.81. The molecule has 0 radical (unpaired) electrons. The molecule has 0 saturated heterocycles. The van der Waals surface area contributed by atoms with Crippen molar-refractivity contribution in [2.75, 3.05) is 6.61 Å². The summed E-state index contributed by atoms with van der Waals surface area (Å²) < 4.78 is 4.56. The Morgan fingerprint density at radius 3 is 2.50 bits per heavy atom. The second-order valence-electron chi connectivity index (χ2n) is 4.28. The predicted molar refractivity (Wildman–Crippen MR) is 48.7 cm³/mol. The number of carbonyl (C=O) groups excluding carboxylic acids is 1. The van der Waals surface area contributed by atoms with Gasteiger partial charge in [0.15, 0.2) is 0 Å². The first-order valence-corrected chi connectivity index (χ1v) is 4.26. The van der Waals surface area contributed by atoms with Gasteiger partial charge in [0, 0.05) is 6.04 Å². The minimum Gasteiger partial charge on any atom is -0.468 e. The second-order valence-corrected chi connectivity index (χ2v) is 4.28. The van der Waals surface area contributed by atoms with E-state index in [4.69, 9.17) is 5.73 Å². The molecule has 72 valence electrons. The minimum absolute atomic E-state index is 0.130. The van der Waals surface area contributed by atoms with E-state index in [1.54, 1.807) is 0 Å². The van der Waals surface area contributed by atoms with Gasteiger partial charge < -0.3 is 10.5 Å². The third kappa shape index (κ3) is 7.54. The molecule has 3 heteroatoms. The van der Waals surface area contributed by atoms with Crippen LogP contribution in [0.4, 0.5) is 0 Å². The largest absolute Gasteiger partial charge is 0.468 e. The van der Waals surface area contributed by atoms with Crippen LogP contribution in [0.25, 0.3) is 0 Å². The monoisotopic (exact) mass is 173 g/mol. The number of hydrogen-bond donors (Lipinski definition) is 1. The number of rotatable bonds is 5. The van der Waals surface area contributed by atoms with Crippen LogP contribution < -0.4 is 5.73 Å². The zero-order valence-corrected chi connectivity index (χ0v) is 8.17. The smallest absolute Gasteiger partial charge is 0.293 e. The lowest BCUT2D eigenvalue weighted by Gasteiger charge is -2.22. The molecule has 0 unspecified atom stereocenters. The molecule has 0 rings (SSSR count). The third-order valence-electron chi connectivity index (χ3n) is 1.55. The Labute approximate surface area is 74.3 Å². The summed E-state index contributed by atoms with van der Waals surface area (Å²) in [6.45, 7) is 7.33. The number of nitrogens with two attached hydrogens (primary N) is 1. The van der Waals surface area contributed by atoms with Gasteiger partial charge in [-0.3, -0.25) is 4.79 Å². The van der Waals surface area contributed by atoms with Crippen molar-refractivity contribution in [1.82, 2.24) is 0 Å². The minimum atomic E-state index is 0.130. The van der Waals surface area contributed by atoms with Gasteiger partial charge in [0.05, 0.1) is 6.61 Å². The van der Waals surface area contributed by atoms with Crippen molar-refractivity contribution in [1.29, 1.82) is 0 Å². The van der Waals surface area contributed by atoms with Crippen molar-refractivity contribution < 1.29 is 9.53 Å². The van der Waals surface area contributed by atoms with E-state index in [-0.39, 0.29) is 11.5 Å². The Kier molecular flexibility index (Phi) is 4.90. The summed E-state index contributed by atoms with van der Waals surface area (Å²) in [5, 5.41) is 0. The first-order valence-electron chi connectivity index (χ1n) is 4.26. The first kappa shape index (κ1) is 11.4. The van der Waals surface area contributed by atoms with Crippen molar-refractivity contribution in [3.8, 4) is 0 Å². The Hall–Kier alpha value is -0.570. The van der Waals surface area contributed by atoms with Gasteiger partial charge in [0.1, 0.15) is 0 Å². The summed E-state index contributed by atoms with van der Waals surface area (Å²) in [4.78, 5) is 9.81. The fraction of sp³-hybridized carbons (Fsp3) is 0.889. The molecule has 0 aromatic rings. The van der Waals surface area contributed by atoms with Gasteiger partial charge in [0.2, 0.25) is 0 Å². The molecule has 1 atom stereocenters. The molecule has 0 fully saturated rings. The molecular formula is C9H19NO2. The Bertz CT molecular complexity index is 129. The SMILES string of the molecule is CC(C)(C)C[C@@H](N)CCOC=O. The molecule has 12 heavy (non-hydrogen) atoms. The third-order valence-corrected chi connectivity index (χ3v) is 1.55. The van der Waals surface area contributed by atoms with Crippen LogP contribution in [0.5, 0.6) is 0 Å². The van der Waals surface area contributed by atoms with Gasteiger partial charge >= 0.3 is 0 Å². The van der Waals surface area contributed by atoms with Crippen molar-refractivity contribution in [3.63, 3.8) is 0 Å². The molecule has 2 N–H and O–H groups in total. The van der Waals surface area contributed by atoms with E-state index in [9.17, 15) is 4.79 Å². The van der Waals surface area contributed by atoms with Crippen LogP contribution in [0.2, 0.25) is 0 Å². The second kappa shape index (κ2) is 5.14. The van der Waals surface area contributed by atoms with Gasteiger partial charge in [-0.25, -0.2) is 0 Å². The van der Waals surface area contributed by atoms with E-state index in [2.05, 4.69) is 25.5 Å². The summed E-state index contributed by atoms with van der Waals surface area (Å²) in [7, 11) is 0. The zero-order chi connectivity index (χ0) is 9.61. The highest BCUT2D eigenvalue weighted by molar-refractivity contribution is 5.36. The average molecular weight is 173 g/mol. The standard InChI is InChI=1S/C9H19NO2/c1-9(2,3)6-8(10)4-5-12-7-11/h7-8H,4-6,10H2,1-3H3/t8-/m0/s1. The molecule has 0 amide bonds. The molecule has 0 aliphatic carbocycles. The Morgan fingerprint density at radius 2 is 2.08 bits per heavy atom. The molecule has 0 aliphatic rings. The summed E-state index contributed by atoms with van der Waals surface area (Å²) >= 11 is 0. The van der Waals surface area contributed by atoms with Crippen molar-refractivity contribution in [3.05, 3.63) is 0 Å². The quantitative estimate of drug-likeness (QED) is 0.504. The van der Waals surface area contributed by atoms with Gasteiger partial charge in [0.25, 0.3) is 6.47 Å². The maximum Gasteiger partial charge on any atom is 0.293 e. The van der Waals surface area contributed by atoms with Crippen molar-refractivity contribution in [2.24, 2.45) is 11.1 Å². The van der Waals surface area contributed by atoms with Crippen LogP contribution in [0.15, 0.2) is 0 Å². The number of ether oxygens (including phenoxy) is 1. The number of hydrogen-bond acceptors (Lipinski definition) is 3. The first-order chi connectivity index (χ1) is 5.45. The molecule has 0 saturated carbocycles. The zero-order valence-electron chi connectivity index (χ0n) is 8.17. The fourth-order valence-electron chi connectivity index (χ4n) is 1.16. The molecule has 0 aromatic carbocycles. The highest BCUT2D eigenvalue weighted by Crippen LogP contribution is 2.20. The highest BCUT2D eigenvalue weighted by Gasteiger charge is 2.15. The van der Waals surface area contributed by atoms with Crippen molar-refractivity contribution >= 4 is 6.47 Å². The van der Waals surface area contributed by atoms with Gasteiger partial charge in [-0.05, 0) is 18.3 Å². The maximum atomic E-state index is 9.81. The van der Waals surface area contributed by atoms with Crippen LogP contribution in [-0.2, 0) is 9.53 Å². The van der Waals surface area contributed by atoms with E-state index in [0.717, 1.165) is 12.8 Å². The van der Waals surface area contributed by atoms with E-state index >= 15 is 0 Å². The predicted octanol–water partition coefficient (Wildman–Crippen LogP) is 1.31. The van der Waals surface area contributed by atoms with E-state index in [0.29, 0.717) is 13.1 Å². The van der Waals surface area contributed by atoms with Crippen LogP contribution in [0.1, 0.15) is 33.6 Å². The molecular weight excluding hydrogens is 154 g/mol. The number of carbonyl (C=O) groups is 1. The van der Waals surface area contributed by atoms with E-state index in [1.165, 1.54) is 0 Å². The van der Waals surface area contributed by atoms with E-state index < -0.39 is 0 Å². The summed E-state index contributed by atoms with van der Waals surface area (Å²) in [5.41, 5.74) is 6.06. The molecule has 3 nitrogen and oxygen atoms in total. The molecule has 0 spiro atoms. The summed E-state index contributed by atoms with van der Waals surface area (Å²) in [6.07, 6.45) is 1.70. The van der Waals surface area contributed by atoms with Crippen LogP contribution in [-0.4, -0.2) is 19.1 Å². The molecule has 0 aromatic heterocycles. The van der Waals surface area contributed by atoms with Crippen LogP contribution >= 0.6 is 0 Å². The lowest BCUT2D eigenvalue weighted by atomic mass is 9.87. The average Bonchev–Trinajstić information content (AvgIpc) is 1.84. The lowest BCUT2D eigenvalue weighted by Crippen LogP contribution is -2.27. The van der Waals surface area contributed by atoms with Gasteiger partial charge in [-0.15, -0.1) is 0 Å². The Balaban J connectivity index is 3.46. The molecule has 0 heterocycles. The van der Waals surface area contributed by atoms with Crippen LogP contribution in [0.3, 0.4) is 0 Å². The summed E-state index contributed by atoms with van der Waals surface area (Å²) in [6, 6.07) is 0.130. The lowest BCUT2D eigenvalue weighted by molar-refractivity contribution is -0.128.